The first-order chi connectivity index (χ1) is 11.8. The van der Waals surface area contributed by atoms with Crippen molar-refractivity contribution in [3.63, 3.8) is 0 Å². The van der Waals surface area contributed by atoms with Crippen LogP contribution in [0.5, 0.6) is 0 Å². The molecule has 4 heteroatoms. The lowest BCUT2D eigenvalue weighted by Gasteiger charge is -2.06. The highest BCUT2D eigenvalue weighted by atomic mass is 79.9. The third-order valence-electron chi connectivity index (χ3n) is 4.83. The fraction of sp³-hybridized carbons (Fsp3) is 0.762. The lowest BCUT2D eigenvalue weighted by atomic mass is 10.1. The van der Waals surface area contributed by atoms with Gasteiger partial charge in [0.25, 0.3) is 0 Å². The van der Waals surface area contributed by atoms with E-state index in [9.17, 15) is 10.2 Å². The zero-order chi connectivity index (χ0) is 17.5. The van der Waals surface area contributed by atoms with Crippen molar-refractivity contribution in [2.24, 2.45) is 0 Å². The van der Waals surface area contributed by atoms with Gasteiger partial charge in [0, 0.05) is 18.6 Å². The number of unbranched alkanes of at least 4 members (excludes halogenated alkanes) is 11. The van der Waals surface area contributed by atoms with E-state index in [1.54, 1.807) is 0 Å². The van der Waals surface area contributed by atoms with Crippen LogP contribution in [0.15, 0.2) is 18.2 Å². The van der Waals surface area contributed by atoms with Crippen molar-refractivity contribution < 1.29 is 31.8 Å². The Morgan fingerprint density at radius 3 is 1.48 bits per heavy atom. The summed E-state index contributed by atoms with van der Waals surface area (Å²) in [6, 6.07) is 5.76. The topological polar surface area (TPSA) is 44.3 Å². The quantitative estimate of drug-likeness (QED) is 0.338. The molecule has 0 amide bonds. The van der Waals surface area contributed by atoms with Crippen molar-refractivity contribution in [2.75, 3.05) is 0 Å². The van der Waals surface area contributed by atoms with Gasteiger partial charge in [-0.2, -0.15) is 4.57 Å². The van der Waals surface area contributed by atoms with Gasteiger partial charge in [0.1, 0.15) is 19.8 Å². The number of hydrogen-bond donors (Lipinski definition) is 2. The number of rotatable bonds is 15. The third-order valence-corrected chi connectivity index (χ3v) is 4.83. The van der Waals surface area contributed by atoms with E-state index in [0.29, 0.717) is 0 Å². The Labute approximate surface area is 165 Å². The van der Waals surface area contributed by atoms with E-state index in [0.717, 1.165) is 24.4 Å². The maximum atomic E-state index is 9.43. The molecular weight excluding hydrogens is 378 g/mol. The average Bonchev–Trinajstić information content (AvgIpc) is 2.62. The van der Waals surface area contributed by atoms with E-state index >= 15 is 0 Å². The average molecular weight is 416 g/mol. The Hall–Kier alpha value is -0.450. The first-order valence-corrected chi connectivity index (χ1v) is 10.1. The van der Waals surface area contributed by atoms with E-state index in [2.05, 4.69) is 11.5 Å². The van der Waals surface area contributed by atoms with Gasteiger partial charge < -0.3 is 27.2 Å². The fourth-order valence-electron chi connectivity index (χ4n) is 3.31. The second kappa shape index (κ2) is 17.0. The van der Waals surface area contributed by atoms with Crippen molar-refractivity contribution in [3.8, 4) is 0 Å². The third kappa shape index (κ3) is 11.0. The van der Waals surface area contributed by atoms with Crippen LogP contribution in [0.4, 0.5) is 0 Å². The molecule has 1 aromatic heterocycles. The first-order valence-electron chi connectivity index (χ1n) is 10.1. The molecule has 0 aliphatic rings. The molecule has 0 radical (unpaired) electrons. The minimum absolute atomic E-state index is 0. The van der Waals surface area contributed by atoms with Crippen LogP contribution < -0.4 is 21.5 Å². The van der Waals surface area contributed by atoms with Crippen LogP contribution in [0.3, 0.4) is 0 Å². The van der Waals surface area contributed by atoms with Gasteiger partial charge in [-0.25, -0.2) is 0 Å². The predicted molar refractivity (Wildman–Crippen MR) is 99.6 cm³/mol. The van der Waals surface area contributed by atoms with Crippen LogP contribution in [-0.2, 0) is 19.8 Å². The minimum Gasteiger partial charge on any atom is -1.00 e. The van der Waals surface area contributed by atoms with Crippen molar-refractivity contribution in [3.05, 3.63) is 29.6 Å². The summed E-state index contributed by atoms with van der Waals surface area (Å²) in [5.74, 6) is 0. The molecule has 146 valence electrons. The molecule has 1 aromatic rings. The molecule has 25 heavy (non-hydrogen) atoms. The molecule has 0 atom stereocenters. The number of aliphatic hydroxyl groups is 2. The molecule has 0 aromatic carbocycles. The van der Waals surface area contributed by atoms with Gasteiger partial charge >= 0.3 is 0 Å². The molecule has 2 N–H and O–H groups in total. The summed E-state index contributed by atoms with van der Waals surface area (Å²) < 4.78 is 2.07. The summed E-state index contributed by atoms with van der Waals surface area (Å²) in [6.45, 7) is 3.23. The predicted octanol–water partition coefficient (Wildman–Crippen LogP) is 1.66. The summed E-state index contributed by atoms with van der Waals surface area (Å²) >= 11 is 0. The van der Waals surface area contributed by atoms with Crippen LogP contribution >= 0.6 is 0 Å². The van der Waals surface area contributed by atoms with Gasteiger partial charge in [0.05, 0.1) is 0 Å². The van der Waals surface area contributed by atoms with Crippen LogP contribution in [0.2, 0.25) is 0 Å². The fourth-order valence-corrected chi connectivity index (χ4v) is 3.31. The van der Waals surface area contributed by atoms with E-state index in [-0.39, 0.29) is 30.2 Å². The molecule has 0 saturated carbocycles. The van der Waals surface area contributed by atoms with Gasteiger partial charge in [0.2, 0.25) is 11.4 Å². The van der Waals surface area contributed by atoms with Gasteiger partial charge in [0.15, 0.2) is 0 Å². The summed E-state index contributed by atoms with van der Waals surface area (Å²) in [7, 11) is 0. The molecule has 0 saturated heterocycles. The Morgan fingerprint density at radius 1 is 0.680 bits per heavy atom. The highest BCUT2D eigenvalue weighted by molar-refractivity contribution is 5.02. The maximum absolute atomic E-state index is 9.43. The Kier molecular flexibility index (Phi) is 16.7. The molecule has 0 unspecified atom stereocenters. The summed E-state index contributed by atoms with van der Waals surface area (Å²) in [6.07, 6.45) is 16.1. The number of pyridine rings is 1. The maximum Gasteiger partial charge on any atom is 0.207 e. The first kappa shape index (κ1) is 24.6. The van der Waals surface area contributed by atoms with Crippen molar-refractivity contribution in [1.82, 2.24) is 0 Å². The lowest BCUT2D eigenvalue weighted by molar-refractivity contribution is -0.715. The normalized spacial score (nSPS) is 10.7. The number of aliphatic hydroxyl groups excluding tert-OH is 2. The van der Waals surface area contributed by atoms with Crippen LogP contribution in [0.1, 0.15) is 95.4 Å². The Bertz CT molecular complexity index is 404. The highest BCUT2D eigenvalue weighted by Gasteiger charge is 2.14. The summed E-state index contributed by atoms with van der Waals surface area (Å²) in [5, 5.41) is 18.9. The van der Waals surface area contributed by atoms with E-state index in [1.165, 1.54) is 70.6 Å². The van der Waals surface area contributed by atoms with Crippen molar-refractivity contribution in [2.45, 2.75) is 104 Å². The standard InChI is InChI=1S/C21H38NO2.BrH/c1-2-3-4-5-6-7-8-9-10-11-12-13-17-22-20(18-23)15-14-16-21(22)19-24;/h14-16,23-24H,2-13,17-19H2,1H3;1H/q+1;/p-1. The van der Waals surface area contributed by atoms with E-state index in [1.807, 2.05) is 18.2 Å². The van der Waals surface area contributed by atoms with E-state index < -0.39 is 0 Å². The van der Waals surface area contributed by atoms with Crippen molar-refractivity contribution >= 4 is 0 Å². The summed E-state index contributed by atoms with van der Waals surface area (Å²) in [5.41, 5.74) is 1.79. The largest absolute Gasteiger partial charge is 1.00 e. The number of hydrogen-bond acceptors (Lipinski definition) is 2. The van der Waals surface area contributed by atoms with E-state index in [4.69, 9.17) is 0 Å². The SMILES string of the molecule is CCCCCCCCCCCCCC[n+]1c(CO)cccc1CO.[Br-]. The number of halogens is 1. The molecule has 0 spiro atoms. The summed E-state index contributed by atoms with van der Waals surface area (Å²) in [4.78, 5) is 0. The smallest absolute Gasteiger partial charge is 0.207 e. The molecule has 0 aliphatic heterocycles. The monoisotopic (exact) mass is 415 g/mol. The second-order valence-electron chi connectivity index (χ2n) is 6.87. The van der Waals surface area contributed by atoms with Gasteiger partial charge in [-0.05, 0) is 12.5 Å². The van der Waals surface area contributed by atoms with Gasteiger partial charge in [-0.15, -0.1) is 0 Å². The molecule has 0 fully saturated rings. The number of aromatic nitrogens is 1. The van der Waals surface area contributed by atoms with Crippen molar-refractivity contribution in [1.29, 1.82) is 0 Å². The van der Waals surface area contributed by atoms with Crippen LogP contribution in [0.25, 0.3) is 0 Å². The van der Waals surface area contributed by atoms with Crippen LogP contribution in [0, 0.1) is 0 Å². The number of nitrogens with zero attached hydrogens (tertiary/aromatic N) is 1. The molecule has 0 aliphatic carbocycles. The van der Waals surface area contributed by atoms with Gasteiger partial charge in [-0.1, -0.05) is 71.1 Å². The Morgan fingerprint density at radius 2 is 1.08 bits per heavy atom. The van der Waals surface area contributed by atoms with Gasteiger partial charge in [-0.3, -0.25) is 0 Å². The molecule has 1 rings (SSSR count). The molecule has 3 nitrogen and oxygen atoms in total. The molecule has 1 heterocycles. The highest BCUT2D eigenvalue weighted by Crippen LogP contribution is 2.12. The molecule has 0 bridgehead atoms. The Balaban J connectivity index is 0.00000576. The second-order valence-corrected chi connectivity index (χ2v) is 6.87. The zero-order valence-electron chi connectivity index (χ0n) is 16.1. The lowest BCUT2D eigenvalue weighted by Crippen LogP contribution is -3.00. The van der Waals surface area contributed by atoms with Crippen LogP contribution in [-0.4, -0.2) is 10.2 Å². The zero-order valence-corrected chi connectivity index (χ0v) is 17.6. The minimum atomic E-state index is 0. The molecular formula is C21H38BrNO2.